The number of quaternary nitrogens is 1. The van der Waals surface area contributed by atoms with Crippen LogP contribution in [0.1, 0.15) is 35.8 Å². The molecule has 1 aliphatic rings. The number of amides is 1. The molecule has 0 aliphatic carbocycles. The maximum Gasteiger partial charge on any atom is 0.220 e. The number of tetrazole rings is 1. The Bertz CT molecular complexity index is 1100. The molecule has 33 heavy (non-hydrogen) atoms. The Labute approximate surface area is 191 Å². The van der Waals surface area contributed by atoms with E-state index in [-0.39, 0.29) is 23.7 Å². The molecule has 9 nitrogen and oxygen atoms in total. The molecule has 0 spiro atoms. The largest absolute Gasteiger partial charge is 0.493 e. The van der Waals surface area contributed by atoms with Gasteiger partial charge >= 0.3 is 0 Å². The van der Waals surface area contributed by atoms with Crippen molar-refractivity contribution in [2.24, 2.45) is 11.7 Å². The van der Waals surface area contributed by atoms with Crippen molar-refractivity contribution in [3.8, 4) is 11.5 Å². The number of carbonyl (C=O) groups is 1. The highest BCUT2D eigenvalue weighted by Gasteiger charge is 2.38. The topological polar surface area (TPSA) is 110 Å². The fraction of sp³-hybridized carbons (Fsp3) is 0.391. The standard InChI is InChI=1S/C23H27FN6O3/c1-32-19-5-3-4-18(21(19)33-2)20(29-12-10-16(11-13-29)22(25)31)23-26-27-28-30(23)14-15-6-8-17(24)9-7-15/h3-9,16,20H,10-14H2,1-2H3,(H2,25,31)/p+1/t20-/m1/s1. The average Bonchev–Trinajstić information content (AvgIpc) is 3.28. The summed E-state index contributed by atoms with van der Waals surface area (Å²) in [5.74, 6) is 1.20. The quantitative estimate of drug-likeness (QED) is 0.519. The van der Waals surface area contributed by atoms with Gasteiger partial charge in [0.05, 0.1) is 39.4 Å². The fourth-order valence-electron chi connectivity index (χ4n) is 4.54. The predicted molar refractivity (Wildman–Crippen MR) is 117 cm³/mol. The fourth-order valence-corrected chi connectivity index (χ4v) is 4.54. The molecular weight excluding hydrogens is 427 g/mol. The first-order valence-corrected chi connectivity index (χ1v) is 10.9. The normalized spacial score (nSPS) is 19.1. The van der Waals surface area contributed by atoms with Gasteiger partial charge < -0.3 is 20.1 Å². The van der Waals surface area contributed by atoms with Crippen LogP contribution in [-0.4, -0.2) is 53.4 Å². The Kier molecular flexibility index (Phi) is 6.83. The highest BCUT2D eigenvalue weighted by atomic mass is 19.1. The van der Waals surface area contributed by atoms with E-state index in [0.29, 0.717) is 36.7 Å². The van der Waals surface area contributed by atoms with Crippen LogP contribution in [0.5, 0.6) is 11.5 Å². The lowest BCUT2D eigenvalue weighted by molar-refractivity contribution is -0.931. The van der Waals surface area contributed by atoms with Crippen molar-refractivity contribution < 1.29 is 23.6 Å². The second-order valence-electron chi connectivity index (χ2n) is 8.17. The van der Waals surface area contributed by atoms with Gasteiger partial charge in [-0.05, 0) is 40.3 Å². The van der Waals surface area contributed by atoms with Crippen molar-refractivity contribution in [3.05, 3.63) is 65.2 Å². The minimum atomic E-state index is -0.295. The van der Waals surface area contributed by atoms with Crippen molar-refractivity contribution in [2.75, 3.05) is 27.3 Å². The number of nitrogens with zero attached hydrogens (tertiary/aromatic N) is 4. The lowest BCUT2D eigenvalue weighted by atomic mass is 9.93. The molecule has 0 saturated carbocycles. The van der Waals surface area contributed by atoms with Crippen molar-refractivity contribution in [1.82, 2.24) is 20.2 Å². The zero-order valence-electron chi connectivity index (χ0n) is 18.7. The summed E-state index contributed by atoms with van der Waals surface area (Å²) in [4.78, 5) is 12.9. The van der Waals surface area contributed by atoms with Crippen LogP contribution < -0.4 is 20.1 Å². The van der Waals surface area contributed by atoms with Gasteiger partial charge in [0.15, 0.2) is 17.5 Å². The highest BCUT2D eigenvalue weighted by molar-refractivity contribution is 5.76. The number of rotatable bonds is 8. The summed E-state index contributed by atoms with van der Waals surface area (Å²) >= 11 is 0. The first-order valence-electron chi connectivity index (χ1n) is 10.9. The molecule has 0 bridgehead atoms. The van der Waals surface area contributed by atoms with Gasteiger partial charge in [-0.15, -0.1) is 5.10 Å². The number of para-hydroxylation sites is 1. The number of hydrogen-bond donors (Lipinski definition) is 2. The predicted octanol–water partition coefficient (Wildman–Crippen LogP) is 0.747. The Morgan fingerprint density at radius 1 is 1.18 bits per heavy atom. The van der Waals surface area contributed by atoms with E-state index in [1.807, 2.05) is 18.2 Å². The van der Waals surface area contributed by atoms with E-state index in [9.17, 15) is 9.18 Å². The number of nitrogens with two attached hydrogens (primary N) is 1. The maximum absolute atomic E-state index is 13.4. The van der Waals surface area contributed by atoms with Gasteiger partial charge in [-0.2, -0.15) is 0 Å². The molecule has 1 saturated heterocycles. The Balaban J connectivity index is 1.74. The van der Waals surface area contributed by atoms with Gasteiger partial charge in [0.25, 0.3) is 0 Å². The zero-order valence-corrected chi connectivity index (χ0v) is 18.7. The minimum absolute atomic E-state index is 0.128. The van der Waals surface area contributed by atoms with E-state index >= 15 is 0 Å². The molecular formula is C23H28FN6O3+. The molecule has 2 heterocycles. The molecule has 1 aliphatic heterocycles. The minimum Gasteiger partial charge on any atom is -0.493 e. The molecule has 1 fully saturated rings. The maximum atomic E-state index is 13.4. The summed E-state index contributed by atoms with van der Waals surface area (Å²) in [5.41, 5.74) is 7.32. The van der Waals surface area contributed by atoms with Crippen LogP contribution in [0, 0.1) is 11.7 Å². The molecule has 0 unspecified atom stereocenters. The van der Waals surface area contributed by atoms with E-state index in [0.717, 1.165) is 24.2 Å². The number of likely N-dealkylation sites (tertiary alicyclic amines) is 1. The second kappa shape index (κ2) is 9.95. The van der Waals surface area contributed by atoms with Crippen molar-refractivity contribution in [2.45, 2.75) is 25.4 Å². The second-order valence-corrected chi connectivity index (χ2v) is 8.17. The van der Waals surface area contributed by atoms with Gasteiger partial charge in [0.1, 0.15) is 5.82 Å². The Morgan fingerprint density at radius 3 is 2.55 bits per heavy atom. The van der Waals surface area contributed by atoms with Crippen LogP contribution >= 0.6 is 0 Å². The van der Waals surface area contributed by atoms with Gasteiger partial charge in [-0.1, -0.05) is 18.2 Å². The van der Waals surface area contributed by atoms with Crippen molar-refractivity contribution in [1.29, 1.82) is 0 Å². The smallest absolute Gasteiger partial charge is 0.220 e. The van der Waals surface area contributed by atoms with E-state index in [4.69, 9.17) is 15.2 Å². The first-order chi connectivity index (χ1) is 16.0. The van der Waals surface area contributed by atoms with Crippen LogP contribution in [0.25, 0.3) is 0 Å². The molecule has 174 valence electrons. The number of carbonyl (C=O) groups excluding carboxylic acids is 1. The molecule has 1 aromatic heterocycles. The van der Waals surface area contributed by atoms with E-state index in [2.05, 4.69) is 15.5 Å². The summed E-state index contributed by atoms with van der Waals surface area (Å²) in [6.45, 7) is 1.84. The molecule has 4 rings (SSSR count). The van der Waals surface area contributed by atoms with Crippen LogP contribution in [0.15, 0.2) is 42.5 Å². The van der Waals surface area contributed by atoms with Gasteiger partial charge in [-0.25, -0.2) is 9.07 Å². The third kappa shape index (κ3) is 4.80. The van der Waals surface area contributed by atoms with Gasteiger partial charge in [-0.3, -0.25) is 4.79 Å². The molecule has 3 aromatic rings. The number of halogens is 1. The number of methoxy groups -OCH3 is 2. The van der Waals surface area contributed by atoms with Crippen LogP contribution in [0.2, 0.25) is 0 Å². The Hall–Kier alpha value is -3.53. The van der Waals surface area contributed by atoms with E-state index < -0.39 is 0 Å². The molecule has 2 aromatic carbocycles. The molecule has 1 amide bonds. The SMILES string of the molecule is COc1cccc([C@H](c2nnnn2Cc2ccc(F)cc2)[NH+]2CCC(C(N)=O)CC2)c1OC. The lowest BCUT2D eigenvalue weighted by Gasteiger charge is -2.34. The molecule has 3 N–H and O–H groups in total. The number of ether oxygens (including phenoxy) is 2. The number of hydrogen-bond acceptors (Lipinski definition) is 6. The highest BCUT2D eigenvalue weighted by Crippen LogP contribution is 2.36. The molecule has 10 heteroatoms. The number of nitrogens with one attached hydrogen (secondary N) is 1. The summed E-state index contributed by atoms with van der Waals surface area (Å²) in [7, 11) is 3.20. The van der Waals surface area contributed by atoms with Crippen molar-refractivity contribution in [3.63, 3.8) is 0 Å². The number of benzene rings is 2. The van der Waals surface area contributed by atoms with Gasteiger partial charge in [0.2, 0.25) is 11.7 Å². The lowest BCUT2D eigenvalue weighted by Crippen LogP contribution is -3.13. The summed E-state index contributed by atoms with van der Waals surface area (Å²) in [6.07, 6.45) is 1.37. The monoisotopic (exact) mass is 455 g/mol. The average molecular weight is 456 g/mol. The van der Waals surface area contributed by atoms with Crippen LogP contribution in [0.4, 0.5) is 4.39 Å². The molecule has 0 radical (unpaired) electrons. The molecule has 1 atom stereocenters. The summed E-state index contributed by atoms with van der Waals surface area (Å²) < 4.78 is 26.4. The van der Waals surface area contributed by atoms with E-state index in [1.165, 1.54) is 17.0 Å². The van der Waals surface area contributed by atoms with Crippen LogP contribution in [-0.2, 0) is 11.3 Å². The summed E-state index contributed by atoms with van der Waals surface area (Å²) in [5, 5.41) is 12.6. The van der Waals surface area contributed by atoms with Crippen LogP contribution in [0.3, 0.4) is 0 Å². The number of piperidine rings is 1. The number of aromatic nitrogens is 4. The first kappa shape index (κ1) is 22.7. The summed E-state index contributed by atoms with van der Waals surface area (Å²) in [6, 6.07) is 11.7. The van der Waals surface area contributed by atoms with E-state index in [1.54, 1.807) is 31.0 Å². The zero-order chi connectivity index (χ0) is 23.4. The number of primary amides is 1. The van der Waals surface area contributed by atoms with Gasteiger partial charge in [0, 0.05) is 18.8 Å². The Morgan fingerprint density at radius 2 is 1.91 bits per heavy atom. The van der Waals surface area contributed by atoms with Crippen molar-refractivity contribution >= 4 is 5.91 Å². The third-order valence-corrected chi connectivity index (χ3v) is 6.25. The third-order valence-electron chi connectivity index (χ3n) is 6.25.